The first-order valence-electron chi connectivity index (χ1n) is 7.32. The molecule has 0 radical (unpaired) electrons. The van der Waals surface area contributed by atoms with Gasteiger partial charge in [-0.25, -0.2) is 9.59 Å². The number of ether oxygens (including phenoxy) is 2. The lowest BCUT2D eigenvalue weighted by Gasteiger charge is -2.04. The number of rotatable bonds is 3. The van der Waals surface area contributed by atoms with Gasteiger partial charge in [0.25, 0.3) is 0 Å². The van der Waals surface area contributed by atoms with Crippen LogP contribution in [0.25, 0.3) is 27.7 Å². The van der Waals surface area contributed by atoms with E-state index in [4.69, 9.17) is 19.7 Å². The highest BCUT2D eigenvalue weighted by atomic mass is 16.7. The SMILES string of the molecule is O=C(O)Oc1c(OC(=O)O)c2c(-c3ccccc3)cc3cccc1n32. The van der Waals surface area contributed by atoms with Crippen molar-refractivity contribution in [2.45, 2.75) is 0 Å². The quantitative estimate of drug-likeness (QED) is 0.541. The standard InChI is InChI=1S/C18H11NO6/c20-17(21)24-15-13-8-4-7-11-9-12(10-5-2-1-3-6-10)14(19(11)13)16(15)25-18(22)23/h1-9H,(H,20,21)(H,22,23). The molecule has 3 aromatic heterocycles. The zero-order valence-corrected chi connectivity index (χ0v) is 12.7. The average Bonchev–Trinajstić information content (AvgIpc) is 3.10. The zero-order chi connectivity index (χ0) is 17.6. The van der Waals surface area contributed by atoms with E-state index in [1.807, 2.05) is 42.5 Å². The van der Waals surface area contributed by atoms with Crippen LogP contribution in [-0.2, 0) is 0 Å². The molecule has 7 nitrogen and oxygen atoms in total. The molecule has 0 bridgehead atoms. The van der Waals surface area contributed by atoms with Crippen LogP contribution >= 0.6 is 0 Å². The molecule has 4 aromatic rings. The Balaban J connectivity index is 2.12. The normalized spacial score (nSPS) is 11.0. The van der Waals surface area contributed by atoms with Crippen molar-refractivity contribution in [1.29, 1.82) is 0 Å². The molecule has 0 amide bonds. The Bertz CT molecular complexity index is 1100. The van der Waals surface area contributed by atoms with Crippen LogP contribution < -0.4 is 9.47 Å². The van der Waals surface area contributed by atoms with E-state index in [0.717, 1.165) is 11.1 Å². The van der Waals surface area contributed by atoms with E-state index >= 15 is 0 Å². The molecule has 4 rings (SSSR count). The molecule has 0 unspecified atom stereocenters. The van der Waals surface area contributed by atoms with E-state index in [0.29, 0.717) is 16.6 Å². The maximum absolute atomic E-state index is 11.2. The predicted molar refractivity (Wildman–Crippen MR) is 88.8 cm³/mol. The van der Waals surface area contributed by atoms with Gasteiger partial charge in [0, 0.05) is 11.1 Å². The lowest BCUT2D eigenvalue weighted by molar-refractivity contribution is 0.134. The summed E-state index contributed by atoms with van der Waals surface area (Å²) in [5, 5.41) is 18.1. The molecule has 0 saturated heterocycles. The van der Waals surface area contributed by atoms with Gasteiger partial charge in [0.1, 0.15) is 5.52 Å². The fourth-order valence-corrected chi connectivity index (χ4v) is 3.06. The second kappa shape index (κ2) is 5.41. The van der Waals surface area contributed by atoms with E-state index in [1.165, 1.54) is 0 Å². The van der Waals surface area contributed by atoms with Crippen molar-refractivity contribution >= 4 is 28.9 Å². The predicted octanol–water partition coefficient (Wildman–Crippen LogP) is 4.31. The summed E-state index contributed by atoms with van der Waals surface area (Å²) >= 11 is 0. The third-order valence-corrected chi connectivity index (χ3v) is 3.91. The number of carbonyl (C=O) groups is 2. The molecule has 0 saturated carbocycles. The van der Waals surface area contributed by atoms with Gasteiger partial charge in [0.15, 0.2) is 0 Å². The summed E-state index contributed by atoms with van der Waals surface area (Å²) < 4.78 is 11.5. The first-order valence-corrected chi connectivity index (χ1v) is 7.32. The maximum Gasteiger partial charge on any atom is 0.511 e. The first-order chi connectivity index (χ1) is 12.1. The number of hydrogen-bond donors (Lipinski definition) is 2. The maximum atomic E-state index is 11.2. The van der Waals surface area contributed by atoms with Crippen molar-refractivity contribution in [3.05, 3.63) is 54.6 Å². The summed E-state index contributed by atoms with van der Waals surface area (Å²) in [6, 6.07) is 16.4. The van der Waals surface area contributed by atoms with Crippen molar-refractivity contribution in [3.63, 3.8) is 0 Å². The van der Waals surface area contributed by atoms with Crippen LogP contribution in [0.3, 0.4) is 0 Å². The van der Waals surface area contributed by atoms with Crippen molar-refractivity contribution in [1.82, 2.24) is 4.40 Å². The monoisotopic (exact) mass is 337 g/mol. The van der Waals surface area contributed by atoms with E-state index < -0.39 is 12.3 Å². The number of pyridine rings is 1. The van der Waals surface area contributed by atoms with Crippen LogP contribution in [-0.4, -0.2) is 26.9 Å². The highest BCUT2D eigenvalue weighted by Gasteiger charge is 2.27. The number of nitrogens with zero attached hydrogens (tertiary/aromatic N) is 1. The Morgan fingerprint density at radius 1 is 0.840 bits per heavy atom. The van der Waals surface area contributed by atoms with Crippen molar-refractivity contribution < 1.29 is 29.3 Å². The minimum Gasteiger partial charge on any atom is -0.449 e. The van der Waals surface area contributed by atoms with Crippen LogP contribution in [0.1, 0.15) is 0 Å². The molecule has 3 heterocycles. The molecule has 124 valence electrons. The highest BCUT2D eigenvalue weighted by Crippen LogP contribution is 2.46. The topological polar surface area (TPSA) is 97.5 Å². The fraction of sp³-hybridized carbons (Fsp3) is 0. The zero-order valence-electron chi connectivity index (χ0n) is 12.7. The summed E-state index contributed by atoms with van der Waals surface area (Å²) in [6.07, 6.45) is -3.10. The molecule has 2 N–H and O–H groups in total. The number of aromatic nitrogens is 1. The smallest absolute Gasteiger partial charge is 0.449 e. The second-order valence-corrected chi connectivity index (χ2v) is 5.34. The Hall–Kier alpha value is -3.74. The largest absolute Gasteiger partial charge is 0.511 e. The van der Waals surface area contributed by atoms with E-state index in [9.17, 15) is 9.59 Å². The molecule has 0 aliphatic heterocycles. The highest BCUT2D eigenvalue weighted by molar-refractivity contribution is 6.00. The second-order valence-electron chi connectivity index (χ2n) is 5.34. The minimum atomic E-state index is -1.55. The molecule has 0 atom stereocenters. The van der Waals surface area contributed by atoms with Crippen LogP contribution in [0, 0.1) is 0 Å². The van der Waals surface area contributed by atoms with Gasteiger partial charge >= 0.3 is 12.3 Å². The van der Waals surface area contributed by atoms with E-state index in [1.54, 1.807) is 16.5 Å². The fourth-order valence-electron chi connectivity index (χ4n) is 3.06. The van der Waals surface area contributed by atoms with Gasteiger partial charge in [0.2, 0.25) is 11.5 Å². The first kappa shape index (κ1) is 14.8. The number of carboxylic acid groups (broad SMARTS) is 2. The number of benzene rings is 1. The van der Waals surface area contributed by atoms with Gasteiger partial charge in [-0.2, -0.15) is 0 Å². The third kappa shape index (κ3) is 2.29. The van der Waals surface area contributed by atoms with Crippen molar-refractivity contribution in [3.8, 4) is 22.6 Å². The summed E-state index contributed by atoms with van der Waals surface area (Å²) in [6.45, 7) is 0. The van der Waals surface area contributed by atoms with E-state index in [2.05, 4.69) is 0 Å². The molecule has 0 fully saturated rings. The van der Waals surface area contributed by atoms with Crippen molar-refractivity contribution in [2.24, 2.45) is 0 Å². The van der Waals surface area contributed by atoms with Gasteiger partial charge in [-0.3, -0.25) is 0 Å². The minimum absolute atomic E-state index is 0.144. The molecule has 0 aliphatic rings. The van der Waals surface area contributed by atoms with Gasteiger partial charge < -0.3 is 24.1 Å². The van der Waals surface area contributed by atoms with Crippen LogP contribution in [0.15, 0.2) is 54.6 Å². The molecule has 0 aliphatic carbocycles. The Kier molecular flexibility index (Phi) is 3.21. The summed E-state index contributed by atoms with van der Waals surface area (Å²) in [7, 11) is 0. The molecule has 1 aromatic carbocycles. The lowest BCUT2D eigenvalue weighted by atomic mass is 10.1. The Morgan fingerprint density at radius 2 is 1.52 bits per heavy atom. The van der Waals surface area contributed by atoms with E-state index in [-0.39, 0.29) is 11.5 Å². The molecule has 0 spiro atoms. The molecule has 25 heavy (non-hydrogen) atoms. The molecular weight excluding hydrogens is 326 g/mol. The third-order valence-electron chi connectivity index (χ3n) is 3.91. The Labute approximate surface area is 140 Å². The van der Waals surface area contributed by atoms with Gasteiger partial charge in [0.05, 0.1) is 5.52 Å². The van der Waals surface area contributed by atoms with Gasteiger partial charge in [-0.1, -0.05) is 36.4 Å². The Morgan fingerprint density at radius 3 is 2.20 bits per heavy atom. The molecule has 7 heteroatoms. The lowest BCUT2D eigenvalue weighted by Crippen LogP contribution is -2.07. The molecular formula is C18H11NO6. The van der Waals surface area contributed by atoms with Crippen LogP contribution in [0.2, 0.25) is 0 Å². The van der Waals surface area contributed by atoms with Gasteiger partial charge in [-0.15, -0.1) is 0 Å². The van der Waals surface area contributed by atoms with Crippen LogP contribution in [0.5, 0.6) is 11.5 Å². The van der Waals surface area contributed by atoms with Gasteiger partial charge in [-0.05, 0) is 23.8 Å². The van der Waals surface area contributed by atoms with Crippen LogP contribution in [0.4, 0.5) is 9.59 Å². The van der Waals surface area contributed by atoms with Crippen molar-refractivity contribution in [2.75, 3.05) is 0 Å². The summed E-state index contributed by atoms with van der Waals surface area (Å²) in [5.41, 5.74) is 3.18. The summed E-state index contributed by atoms with van der Waals surface area (Å²) in [5.74, 6) is -0.289. The summed E-state index contributed by atoms with van der Waals surface area (Å²) in [4.78, 5) is 22.2. The number of hydrogen-bond acceptors (Lipinski definition) is 4. The average molecular weight is 337 g/mol.